The molecule has 8 aromatic carbocycles. The number of rotatable bonds is 5. The minimum Gasteiger partial charge on any atom is -0.308 e. The molecule has 57 heavy (non-hydrogen) atoms. The normalized spacial score (nSPS) is 11.9. The summed E-state index contributed by atoms with van der Waals surface area (Å²) in [6.45, 7) is 0. The predicted octanol–water partition coefficient (Wildman–Crippen LogP) is 13.4. The molecular weight excluding hydrogens is 715 g/mol. The number of hydrogen-bond acceptors (Lipinski definition) is 4. The van der Waals surface area contributed by atoms with Gasteiger partial charge in [0.15, 0.2) is 17.5 Å². The van der Waals surface area contributed by atoms with Crippen LogP contribution in [0.3, 0.4) is 0 Å². The summed E-state index contributed by atoms with van der Waals surface area (Å²) in [7, 11) is 0. The van der Waals surface area contributed by atoms with Gasteiger partial charge >= 0.3 is 0 Å². The van der Waals surface area contributed by atoms with Gasteiger partial charge in [0.25, 0.3) is 0 Å². The lowest BCUT2D eigenvalue weighted by molar-refractivity contribution is 1.07. The van der Waals surface area contributed by atoms with Crippen molar-refractivity contribution in [1.29, 1.82) is 0 Å². The maximum atomic E-state index is 5.21. The number of benzene rings is 8. The second kappa shape index (κ2) is 12.6. The molecule has 6 heteroatoms. The molecule has 12 rings (SSSR count). The van der Waals surface area contributed by atoms with E-state index in [0.717, 1.165) is 33.3 Å². The van der Waals surface area contributed by atoms with E-state index >= 15 is 0 Å². The molecule has 5 nitrogen and oxygen atoms in total. The minimum atomic E-state index is 0.634. The highest BCUT2D eigenvalue weighted by atomic mass is 32.1. The Morgan fingerprint density at radius 1 is 0.333 bits per heavy atom. The van der Waals surface area contributed by atoms with Crippen LogP contribution in [0.4, 0.5) is 0 Å². The number of fused-ring (bicyclic) bond motifs is 10. The van der Waals surface area contributed by atoms with Gasteiger partial charge in [0.1, 0.15) is 0 Å². The maximum absolute atomic E-state index is 5.21. The Kier molecular flexibility index (Phi) is 7.03. The summed E-state index contributed by atoms with van der Waals surface area (Å²) in [5.41, 5.74) is 9.77. The molecule has 0 unspecified atom stereocenters. The molecule has 0 aliphatic carbocycles. The lowest BCUT2D eigenvalue weighted by Crippen LogP contribution is -2.02. The lowest BCUT2D eigenvalue weighted by atomic mass is 10.1. The maximum Gasteiger partial charge on any atom is 0.166 e. The lowest BCUT2D eigenvalue weighted by Gasteiger charge is -2.13. The van der Waals surface area contributed by atoms with Crippen LogP contribution in [0.1, 0.15) is 0 Å². The molecule has 0 aliphatic heterocycles. The number of hydrogen-bond donors (Lipinski definition) is 0. The Balaban J connectivity index is 1.19. The minimum absolute atomic E-state index is 0.634. The zero-order valence-electron chi connectivity index (χ0n) is 30.5. The molecule has 12 aromatic rings. The molecule has 0 spiro atoms. The highest BCUT2D eigenvalue weighted by Crippen LogP contribution is 2.47. The van der Waals surface area contributed by atoms with Gasteiger partial charge in [-0.3, -0.25) is 0 Å². The Bertz CT molecular complexity index is 3400. The molecule has 4 heterocycles. The van der Waals surface area contributed by atoms with Gasteiger partial charge in [0.2, 0.25) is 0 Å². The van der Waals surface area contributed by atoms with Crippen molar-refractivity contribution in [3.05, 3.63) is 188 Å². The van der Waals surface area contributed by atoms with E-state index < -0.39 is 0 Å². The van der Waals surface area contributed by atoms with Gasteiger partial charge < -0.3 is 9.13 Å². The van der Waals surface area contributed by atoms with Crippen molar-refractivity contribution in [3.8, 4) is 45.5 Å². The molecule has 0 bridgehead atoms. The van der Waals surface area contributed by atoms with E-state index in [-0.39, 0.29) is 0 Å². The van der Waals surface area contributed by atoms with Crippen LogP contribution < -0.4 is 0 Å². The topological polar surface area (TPSA) is 48.5 Å². The molecule has 0 saturated heterocycles. The van der Waals surface area contributed by atoms with Gasteiger partial charge in [-0.2, -0.15) is 0 Å². The highest BCUT2D eigenvalue weighted by Gasteiger charge is 2.24. The predicted molar refractivity (Wildman–Crippen MR) is 238 cm³/mol. The largest absolute Gasteiger partial charge is 0.308 e. The van der Waals surface area contributed by atoms with Crippen LogP contribution in [-0.4, -0.2) is 24.1 Å². The third kappa shape index (κ3) is 4.84. The summed E-state index contributed by atoms with van der Waals surface area (Å²) in [4.78, 5) is 15.4. The number of para-hydroxylation sites is 4. The third-order valence-corrected chi connectivity index (χ3v) is 12.4. The first-order valence-electron chi connectivity index (χ1n) is 19.1. The van der Waals surface area contributed by atoms with Gasteiger partial charge in [0, 0.05) is 54.7 Å². The van der Waals surface area contributed by atoms with Crippen LogP contribution in [0.5, 0.6) is 0 Å². The molecule has 4 aromatic heterocycles. The zero-order chi connectivity index (χ0) is 37.5. The Hall–Kier alpha value is -7.41. The van der Waals surface area contributed by atoms with E-state index in [9.17, 15) is 0 Å². The van der Waals surface area contributed by atoms with Crippen molar-refractivity contribution in [2.45, 2.75) is 0 Å². The van der Waals surface area contributed by atoms with E-state index in [1.165, 1.54) is 58.6 Å². The van der Waals surface area contributed by atoms with Crippen molar-refractivity contribution in [1.82, 2.24) is 24.1 Å². The van der Waals surface area contributed by atoms with Crippen LogP contribution in [-0.2, 0) is 0 Å². The molecule has 0 amide bonds. The van der Waals surface area contributed by atoms with Crippen molar-refractivity contribution in [3.63, 3.8) is 0 Å². The van der Waals surface area contributed by atoms with Crippen LogP contribution in [0.15, 0.2) is 188 Å². The summed E-state index contributed by atoms with van der Waals surface area (Å²) in [6, 6.07) is 66.5. The molecule has 0 aliphatic rings. The second-order valence-electron chi connectivity index (χ2n) is 14.4. The SMILES string of the molecule is c1ccc(-c2nc(-c3ccccc3)nc(-c3cccc4c5ccc6c7cccc(-n8c9ccccc9c9ccccc98)c7sc6c5n(-c5ccccc5)c34)n2)cc1. The van der Waals surface area contributed by atoms with Gasteiger partial charge in [-0.1, -0.05) is 152 Å². The van der Waals surface area contributed by atoms with Crippen LogP contribution in [0.25, 0.3) is 109 Å². The number of thiophene rings is 1. The fourth-order valence-corrected chi connectivity index (χ4v) is 10.0. The molecule has 0 atom stereocenters. The van der Waals surface area contributed by atoms with Crippen molar-refractivity contribution in [2.24, 2.45) is 0 Å². The molecule has 0 fully saturated rings. The van der Waals surface area contributed by atoms with E-state index in [1.54, 1.807) is 0 Å². The average Bonchev–Trinajstić information content (AvgIpc) is 3.95. The highest BCUT2D eigenvalue weighted by molar-refractivity contribution is 7.27. The number of aromatic nitrogens is 5. The Morgan fingerprint density at radius 2 is 0.825 bits per heavy atom. The quantitative estimate of drug-likeness (QED) is 0.176. The van der Waals surface area contributed by atoms with Crippen LogP contribution in [0.2, 0.25) is 0 Å². The summed E-state index contributed by atoms with van der Waals surface area (Å²) >= 11 is 1.88. The molecule has 266 valence electrons. The van der Waals surface area contributed by atoms with E-state index in [1.807, 2.05) is 47.7 Å². The van der Waals surface area contributed by atoms with Crippen LogP contribution in [0, 0.1) is 0 Å². The second-order valence-corrected chi connectivity index (χ2v) is 15.4. The Labute approximate surface area is 331 Å². The van der Waals surface area contributed by atoms with E-state index in [2.05, 4.69) is 161 Å². The van der Waals surface area contributed by atoms with E-state index in [0.29, 0.717) is 17.5 Å². The fourth-order valence-electron chi connectivity index (χ4n) is 8.69. The van der Waals surface area contributed by atoms with Gasteiger partial charge in [-0.15, -0.1) is 11.3 Å². The molecule has 0 N–H and O–H groups in total. The monoisotopic (exact) mass is 745 g/mol. The first kappa shape index (κ1) is 31.9. The van der Waals surface area contributed by atoms with Crippen molar-refractivity contribution < 1.29 is 0 Å². The van der Waals surface area contributed by atoms with Gasteiger partial charge in [-0.25, -0.2) is 15.0 Å². The standard InChI is InChI=1S/C51H31N5S/c1-4-16-32(17-5-1)49-52-50(33-18-6-2-7-19-33)54-51(53-49)41-26-14-24-37-38-30-31-40-39-25-15-29-44(56-42-27-12-10-22-35(42)36-23-11-13-28-43(36)56)47(39)57-48(40)46(38)55(45(37)41)34-20-8-3-9-21-34/h1-31H. The summed E-state index contributed by atoms with van der Waals surface area (Å²) in [5.74, 6) is 1.92. The van der Waals surface area contributed by atoms with Gasteiger partial charge in [0.05, 0.1) is 37.2 Å². The number of nitrogens with zero attached hydrogens (tertiary/aromatic N) is 5. The first-order chi connectivity index (χ1) is 28.3. The molecular formula is C51H31N5S. The summed E-state index contributed by atoms with van der Waals surface area (Å²) in [6.07, 6.45) is 0. The molecule has 0 saturated carbocycles. The van der Waals surface area contributed by atoms with Crippen molar-refractivity contribution in [2.75, 3.05) is 0 Å². The first-order valence-corrected chi connectivity index (χ1v) is 19.9. The van der Waals surface area contributed by atoms with E-state index in [4.69, 9.17) is 15.0 Å². The molecule has 0 radical (unpaired) electrons. The average molecular weight is 746 g/mol. The summed E-state index contributed by atoms with van der Waals surface area (Å²) in [5, 5.41) is 7.34. The fraction of sp³-hybridized carbons (Fsp3) is 0. The van der Waals surface area contributed by atoms with Gasteiger partial charge in [-0.05, 0) is 36.4 Å². The smallest absolute Gasteiger partial charge is 0.166 e. The van der Waals surface area contributed by atoms with Crippen LogP contribution >= 0.6 is 11.3 Å². The van der Waals surface area contributed by atoms with Crippen molar-refractivity contribution >= 4 is 75.1 Å². The Morgan fingerprint density at radius 3 is 1.49 bits per heavy atom. The summed E-state index contributed by atoms with van der Waals surface area (Å²) < 4.78 is 7.38. The zero-order valence-corrected chi connectivity index (χ0v) is 31.4. The third-order valence-electron chi connectivity index (χ3n) is 11.2.